The number of nitrogens with one attached hydrogen (secondary N) is 1. The maximum atomic E-state index is 11.7. The van der Waals surface area contributed by atoms with E-state index in [4.69, 9.17) is 0 Å². The average molecular weight is 257 g/mol. The number of hydrogen-bond donors (Lipinski definition) is 1. The summed E-state index contributed by atoms with van der Waals surface area (Å²) in [6.07, 6.45) is 2.76. The van der Waals surface area contributed by atoms with Gasteiger partial charge >= 0.3 is 0 Å². The van der Waals surface area contributed by atoms with E-state index in [-0.39, 0.29) is 18.0 Å². The Labute approximate surface area is 110 Å². The van der Waals surface area contributed by atoms with Crippen LogP contribution in [0.25, 0.3) is 0 Å². The molecule has 0 saturated carbocycles. The summed E-state index contributed by atoms with van der Waals surface area (Å²) in [4.78, 5) is 26.9. The molecule has 0 aliphatic carbocycles. The van der Waals surface area contributed by atoms with E-state index in [1.54, 1.807) is 0 Å². The number of amides is 1. The van der Waals surface area contributed by atoms with Crippen LogP contribution in [0.2, 0.25) is 0 Å². The van der Waals surface area contributed by atoms with Gasteiger partial charge in [-0.25, -0.2) is 4.98 Å². The maximum absolute atomic E-state index is 11.7. The van der Waals surface area contributed by atoms with E-state index in [1.807, 2.05) is 31.2 Å². The summed E-state index contributed by atoms with van der Waals surface area (Å²) in [5, 5.41) is 2.77. The SMILES string of the molecule is Cc1ccc(CNC(=O)Cn2cnccc2=O)cc1. The van der Waals surface area contributed by atoms with Crippen molar-refractivity contribution in [2.45, 2.75) is 20.0 Å². The van der Waals surface area contributed by atoms with Gasteiger partial charge in [-0.3, -0.25) is 14.2 Å². The summed E-state index contributed by atoms with van der Waals surface area (Å²) in [7, 11) is 0. The Kier molecular flexibility index (Phi) is 4.07. The number of rotatable bonds is 4. The third-order valence-corrected chi connectivity index (χ3v) is 2.72. The Bertz CT molecular complexity index is 617. The van der Waals surface area contributed by atoms with Gasteiger partial charge in [-0.2, -0.15) is 0 Å². The highest BCUT2D eigenvalue weighted by Crippen LogP contribution is 2.02. The zero-order valence-electron chi connectivity index (χ0n) is 10.7. The number of aromatic nitrogens is 2. The summed E-state index contributed by atoms with van der Waals surface area (Å²) in [5.41, 5.74) is 1.97. The van der Waals surface area contributed by atoms with Gasteiger partial charge in [-0.05, 0) is 12.5 Å². The molecule has 5 nitrogen and oxygen atoms in total. The monoisotopic (exact) mass is 257 g/mol. The van der Waals surface area contributed by atoms with Crippen LogP contribution in [0.1, 0.15) is 11.1 Å². The standard InChI is InChI=1S/C14H15N3O2/c1-11-2-4-12(5-3-11)8-16-13(18)9-17-10-15-7-6-14(17)19/h2-7,10H,8-9H2,1H3,(H,16,18). The van der Waals surface area contributed by atoms with Crippen LogP contribution in [0.5, 0.6) is 0 Å². The lowest BCUT2D eigenvalue weighted by Gasteiger charge is -2.07. The Morgan fingerprint density at radius 1 is 1.26 bits per heavy atom. The van der Waals surface area contributed by atoms with Gasteiger partial charge in [0.1, 0.15) is 6.54 Å². The lowest BCUT2D eigenvalue weighted by molar-refractivity contribution is -0.121. The van der Waals surface area contributed by atoms with Gasteiger partial charge in [0, 0.05) is 18.8 Å². The van der Waals surface area contributed by atoms with E-state index in [2.05, 4.69) is 10.3 Å². The fraction of sp³-hybridized carbons (Fsp3) is 0.214. The van der Waals surface area contributed by atoms with Crippen LogP contribution in [0.4, 0.5) is 0 Å². The second-order valence-electron chi connectivity index (χ2n) is 4.31. The van der Waals surface area contributed by atoms with Crippen molar-refractivity contribution >= 4 is 5.91 Å². The van der Waals surface area contributed by atoms with Crippen molar-refractivity contribution in [1.82, 2.24) is 14.9 Å². The normalized spacial score (nSPS) is 10.2. The Morgan fingerprint density at radius 3 is 2.68 bits per heavy atom. The lowest BCUT2D eigenvalue weighted by atomic mass is 10.1. The van der Waals surface area contributed by atoms with E-state index in [0.29, 0.717) is 6.54 Å². The highest BCUT2D eigenvalue weighted by Gasteiger charge is 2.03. The molecule has 98 valence electrons. The van der Waals surface area contributed by atoms with Crippen LogP contribution in [-0.2, 0) is 17.9 Å². The van der Waals surface area contributed by atoms with E-state index in [1.165, 1.54) is 28.7 Å². The molecule has 1 aromatic carbocycles. The first-order chi connectivity index (χ1) is 9.15. The number of carbonyl (C=O) groups is 1. The van der Waals surface area contributed by atoms with Crippen molar-refractivity contribution in [3.8, 4) is 0 Å². The van der Waals surface area contributed by atoms with Crippen LogP contribution < -0.4 is 10.9 Å². The van der Waals surface area contributed by atoms with Crippen molar-refractivity contribution in [3.05, 3.63) is 64.3 Å². The topological polar surface area (TPSA) is 64.0 Å². The summed E-state index contributed by atoms with van der Waals surface area (Å²) in [5.74, 6) is -0.212. The van der Waals surface area contributed by atoms with E-state index >= 15 is 0 Å². The predicted octanol–water partition coefficient (Wildman–Crippen LogP) is 0.868. The van der Waals surface area contributed by atoms with Crippen LogP contribution in [0.3, 0.4) is 0 Å². The molecular formula is C14H15N3O2. The first-order valence-corrected chi connectivity index (χ1v) is 5.98. The quantitative estimate of drug-likeness (QED) is 0.884. The molecule has 0 saturated heterocycles. The third kappa shape index (κ3) is 3.77. The summed E-state index contributed by atoms with van der Waals surface area (Å²) >= 11 is 0. The molecule has 2 rings (SSSR count). The highest BCUT2D eigenvalue weighted by atomic mass is 16.2. The molecule has 0 fully saturated rings. The molecule has 0 atom stereocenters. The van der Waals surface area contributed by atoms with Crippen molar-refractivity contribution in [2.75, 3.05) is 0 Å². The second-order valence-corrected chi connectivity index (χ2v) is 4.31. The largest absolute Gasteiger partial charge is 0.350 e. The van der Waals surface area contributed by atoms with Crippen LogP contribution in [0, 0.1) is 6.92 Å². The third-order valence-electron chi connectivity index (χ3n) is 2.72. The molecule has 0 spiro atoms. The first-order valence-electron chi connectivity index (χ1n) is 5.98. The Hall–Kier alpha value is -2.43. The molecule has 0 unspecified atom stereocenters. The van der Waals surface area contributed by atoms with Gasteiger partial charge in [-0.15, -0.1) is 0 Å². The smallest absolute Gasteiger partial charge is 0.253 e. The number of aryl methyl sites for hydroxylation is 1. The molecular weight excluding hydrogens is 242 g/mol. The molecule has 0 aliphatic heterocycles. The van der Waals surface area contributed by atoms with Crippen molar-refractivity contribution in [1.29, 1.82) is 0 Å². The van der Waals surface area contributed by atoms with Gasteiger partial charge in [0.05, 0.1) is 6.33 Å². The van der Waals surface area contributed by atoms with Gasteiger partial charge in [0.2, 0.25) is 5.91 Å². The molecule has 0 radical (unpaired) electrons. The molecule has 1 aromatic heterocycles. The van der Waals surface area contributed by atoms with Crippen LogP contribution >= 0.6 is 0 Å². The van der Waals surface area contributed by atoms with E-state index in [9.17, 15) is 9.59 Å². The number of hydrogen-bond acceptors (Lipinski definition) is 3. The lowest BCUT2D eigenvalue weighted by Crippen LogP contribution is -2.31. The van der Waals surface area contributed by atoms with Gasteiger partial charge in [-0.1, -0.05) is 29.8 Å². The summed E-state index contributed by atoms with van der Waals surface area (Å²) < 4.78 is 1.27. The van der Waals surface area contributed by atoms with Crippen LogP contribution in [-0.4, -0.2) is 15.5 Å². The zero-order chi connectivity index (χ0) is 13.7. The van der Waals surface area contributed by atoms with Gasteiger partial charge in [0.15, 0.2) is 0 Å². The van der Waals surface area contributed by atoms with Crippen molar-refractivity contribution in [3.63, 3.8) is 0 Å². The number of nitrogens with zero attached hydrogens (tertiary/aromatic N) is 2. The van der Waals surface area contributed by atoms with Gasteiger partial charge < -0.3 is 5.32 Å². The molecule has 1 heterocycles. The molecule has 5 heteroatoms. The zero-order valence-corrected chi connectivity index (χ0v) is 10.7. The summed E-state index contributed by atoms with van der Waals surface area (Å²) in [6.45, 7) is 2.45. The molecule has 1 amide bonds. The van der Waals surface area contributed by atoms with Crippen LogP contribution in [0.15, 0.2) is 47.7 Å². The van der Waals surface area contributed by atoms with Gasteiger partial charge in [0.25, 0.3) is 5.56 Å². The predicted molar refractivity (Wildman–Crippen MR) is 71.5 cm³/mol. The average Bonchev–Trinajstić information content (AvgIpc) is 2.41. The fourth-order valence-corrected chi connectivity index (χ4v) is 1.61. The minimum atomic E-state index is -0.236. The molecule has 0 bridgehead atoms. The Morgan fingerprint density at radius 2 is 2.00 bits per heavy atom. The maximum Gasteiger partial charge on any atom is 0.253 e. The number of benzene rings is 1. The first kappa shape index (κ1) is 13.0. The molecule has 2 aromatic rings. The minimum absolute atomic E-state index is 0.0153. The minimum Gasteiger partial charge on any atom is -0.350 e. The van der Waals surface area contributed by atoms with E-state index in [0.717, 1.165) is 5.56 Å². The Balaban J connectivity index is 1.90. The molecule has 0 aliphatic rings. The second kappa shape index (κ2) is 5.95. The fourth-order valence-electron chi connectivity index (χ4n) is 1.61. The van der Waals surface area contributed by atoms with E-state index < -0.39 is 0 Å². The van der Waals surface area contributed by atoms with Crippen molar-refractivity contribution in [2.24, 2.45) is 0 Å². The highest BCUT2D eigenvalue weighted by molar-refractivity contribution is 5.75. The number of carbonyl (C=O) groups excluding carboxylic acids is 1. The van der Waals surface area contributed by atoms with Crippen molar-refractivity contribution < 1.29 is 4.79 Å². The molecule has 1 N–H and O–H groups in total. The summed E-state index contributed by atoms with van der Waals surface area (Å²) in [6, 6.07) is 9.24. The molecule has 19 heavy (non-hydrogen) atoms.